The van der Waals surface area contributed by atoms with Gasteiger partial charge in [0, 0.05) is 54.6 Å². The summed E-state index contributed by atoms with van der Waals surface area (Å²) in [6.07, 6.45) is 0. The van der Waals surface area contributed by atoms with Crippen molar-refractivity contribution in [2.75, 3.05) is 39.3 Å². The van der Waals surface area contributed by atoms with Gasteiger partial charge in [-0.2, -0.15) is 0 Å². The SMILES string of the molecule is Oc1[nH]c2ccc(F)cc2c1C1=Nc2ccccc2/C1=N\OCCN1CC2(CNC2)C1. The molecule has 0 atom stereocenters. The third kappa shape index (κ3) is 3.02. The number of likely N-dealkylation sites (tertiary alicyclic amines) is 1. The molecule has 4 heterocycles. The number of hydrogen-bond donors (Lipinski definition) is 3. The van der Waals surface area contributed by atoms with E-state index in [4.69, 9.17) is 4.84 Å². The minimum atomic E-state index is -0.382. The van der Waals surface area contributed by atoms with Crippen molar-refractivity contribution in [1.29, 1.82) is 0 Å². The lowest BCUT2D eigenvalue weighted by Gasteiger charge is -2.56. The van der Waals surface area contributed by atoms with Crippen LogP contribution in [0.5, 0.6) is 5.88 Å². The Kier molecular flexibility index (Phi) is 4.12. The maximum atomic E-state index is 13.9. The third-order valence-electron chi connectivity index (χ3n) is 6.37. The number of H-pyrrole nitrogens is 1. The van der Waals surface area contributed by atoms with Gasteiger partial charge in [-0.15, -0.1) is 0 Å². The molecule has 1 spiro atoms. The molecule has 7 nitrogen and oxygen atoms in total. The molecule has 3 aromatic rings. The molecule has 0 bridgehead atoms. The molecule has 3 N–H and O–H groups in total. The number of benzene rings is 2. The number of oxime groups is 1. The summed E-state index contributed by atoms with van der Waals surface area (Å²) >= 11 is 0. The Morgan fingerprint density at radius 1 is 1.19 bits per heavy atom. The molecule has 0 radical (unpaired) electrons. The van der Waals surface area contributed by atoms with Crippen LogP contribution in [0.25, 0.3) is 10.9 Å². The lowest BCUT2D eigenvalue weighted by molar-refractivity contribution is -0.0512. The van der Waals surface area contributed by atoms with Crippen molar-refractivity contribution in [3.05, 3.63) is 59.4 Å². The predicted molar refractivity (Wildman–Crippen MR) is 117 cm³/mol. The highest BCUT2D eigenvalue weighted by molar-refractivity contribution is 6.58. The highest BCUT2D eigenvalue weighted by Crippen LogP contribution is 2.36. The summed E-state index contributed by atoms with van der Waals surface area (Å²) in [5, 5.41) is 18.9. The first-order valence-corrected chi connectivity index (χ1v) is 10.4. The number of aromatic amines is 1. The molecular formula is C23H22FN5O2. The normalized spacial score (nSPS) is 20.5. The van der Waals surface area contributed by atoms with E-state index >= 15 is 0 Å². The molecule has 0 unspecified atom stereocenters. The molecule has 31 heavy (non-hydrogen) atoms. The second-order valence-corrected chi connectivity index (χ2v) is 8.60. The third-order valence-corrected chi connectivity index (χ3v) is 6.37. The van der Waals surface area contributed by atoms with E-state index in [1.54, 1.807) is 6.07 Å². The second kappa shape index (κ2) is 6.90. The summed E-state index contributed by atoms with van der Waals surface area (Å²) in [7, 11) is 0. The first-order chi connectivity index (χ1) is 15.1. The van der Waals surface area contributed by atoms with Gasteiger partial charge in [0.05, 0.1) is 11.3 Å². The van der Waals surface area contributed by atoms with Crippen molar-refractivity contribution < 1.29 is 14.3 Å². The van der Waals surface area contributed by atoms with E-state index in [0.29, 0.717) is 39.9 Å². The number of aromatic hydroxyl groups is 1. The van der Waals surface area contributed by atoms with Gasteiger partial charge in [-0.3, -0.25) is 4.90 Å². The van der Waals surface area contributed by atoms with Gasteiger partial charge in [-0.25, -0.2) is 9.38 Å². The van der Waals surface area contributed by atoms with Crippen LogP contribution in [-0.2, 0) is 4.84 Å². The maximum absolute atomic E-state index is 13.9. The van der Waals surface area contributed by atoms with Gasteiger partial charge in [0.15, 0.2) is 5.88 Å². The predicted octanol–water partition coefficient (Wildman–Crippen LogP) is 2.77. The lowest BCUT2D eigenvalue weighted by Crippen LogP contribution is -2.71. The van der Waals surface area contributed by atoms with Crippen LogP contribution >= 0.6 is 0 Å². The van der Waals surface area contributed by atoms with Gasteiger partial charge in [0.1, 0.15) is 23.8 Å². The van der Waals surface area contributed by atoms with Crippen LogP contribution in [0.2, 0.25) is 0 Å². The molecule has 3 aliphatic heterocycles. The lowest BCUT2D eigenvalue weighted by atomic mass is 9.74. The summed E-state index contributed by atoms with van der Waals surface area (Å²) in [4.78, 5) is 15.6. The van der Waals surface area contributed by atoms with Crippen LogP contribution in [0.15, 0.2) is 52.6 Å². The van der Waals surface area contributed by atoms with E-state index in [0.717, 1.165) is 44.0 Å². The summed E-state index contributed by atoms with van der Waals surface area (Å²) in [6, 6.07) is 12.0. The molecule has 2 aromatic carbocycles. The van der Waals surface area contributed by atoms with E-state index < -0.39 is 0 Å². The molecule has 158 valence electrons. The number of fused-ring (bicyclic) bond motifs is 2. The fraction of sp³-hybridized carbons (Fsp3) is 0.304. The van der Waals surface area contributed by atoms with Crippen molar-refractivity contribution in [3.63, 3.8) is 0 Å². The first kappa shape index (κ1) is 18.5. The standard InChI is InChI=1S/C23H22FN5O2/c24-14-5-6-18-16(9-14)19(22(30)27-18)21-20(15-3-1-2-4-17(15)26-21)28-31-8-7-29-12-23(13-29)10-25-11-23/h1-6,9,25,27,30H,7-8,10-13H2/b28-20+. The number of nitrogens with zero attached hydrogens (tertiary/aromatic N) is 3. The molecule has 2 saturated heterocycles. The molecule has 3 aliphatic rings. The summed E-state index contributed by atoms with van der Waals surface area (Å²) in [6.45, 7) is 5.71. The Bertz CT molecular complexity index is 1240. The summed E-state index contributed by atoms with van der Waals surface area (Å²) in [5.41, 5.74) is 4.12. The minimum absolute atomic E-state index is 0.0696. The Morgan fingerprint density at radius 2 is 2.03 bits per heavy atom. The largest absolute Gasteiger partial charge is 0.494 e. The van der Waals surface area contributed by atoms with Crippen LogP contribution in [0.4, 0.5) is 10.1 Å². The molecule has 0 amide bonds. The van der Waals surface area contributed by atoms with E-state index in [2.05, 4.69) is 25.3 Å². The van der Waals surface area contributed by atoms with Crippen molar-refractivity contribution in [3.8, 4) is 5.88 Å². The van der Waals surface area contributed by atoms with Crippen LogP contribution in [0, 0.1) is 11.2 Å². The smallest absolute Gasteiger partial charge is 0.199 e. The van der Waals surface area contributed by atoms with E-state index in [9.17, 15) is 9.50 Å². The topological polar surface area (TPSA) is 85.2 Å². The zero-order valence-electron chi connectivity index (χ0n) is 16.9. The van der Waals surface area contributed by atoms with Gasteiger partial charge >= 0.3 is 0 Å². The molecule has 0 aliphatic carbocycles. The second-order valence-electron chi connectivity index (χ2n) is 8.60. The quantitative estimate of drug-likeness (QED) is 0.439. The zero-order chi connectivity index (χ0) is 21.0. The number of aliphatic imine (C=N–C) groups is 1. The Morgan fingerprint density at radius 3 is 2.84 bits per heavy atom. The van der Waals surface area contributed by atoms with E-state index in [1.165, 1.54) is 12.1 Å². The van der Waals surface area contributed by atoms with Crippen molar-refractivity contribution in [2.24, 2.45) is 15.6 Å². The number of rotatable bonds is 5. The van der Waals surface area contributed by atoms with Crippen molar-refractivity contribution >= 4 is 28.0 Å². The molecule has 2 fully saturated rings. The van der Waals surface area contributed by atoms with Crippen LogP contribution in [0.3, 0.4) is 0 Å². The zero-order valence-corrected chi connectivity index (χ0v) is 16.9. The summed E-state index contributed by atoms with van der Waals surface area (Å²) in [5.74, 6) is -0.451. The van der Waals surface area contributed by atoms with E-state index in [1.807, 2.05) is 24.3 Å². The van der Waals surface area contributed by atoms with Crippen molar-refractivity contribution in [1.82, 2.24) is 15.2 Å². The monoisotopic (exact) mass is 419 g/mol. The highest BCUT2D eigenvalue weighted by Gasteiger charge is 2.47. The maximum Gasteiger partial charge on any atom is 0.199 e. The van der Waals surface area contributed by atoms with Gasteiger partial charge in [0.2, 0.25) is 0 Å². The molecule has 1 aromatic heterocycles. The average molecular weight is 419 g/mol. The number of halogens is 1. The molecular weight excluding hydrogens is 397 g/mol. The van der Waals surface area contributed by atoms with Gasteiger partial charge in [-0.05, 0) is 24.3 Å². The Balaban J connectivity index is 1.27. The number of nitrogens with one attached hydrogen (secondary N) is 2. The molecule has 8 heteroatoms. The average Bonchev–Trinajstić information content (AvgIpc) is 3.21. The Hall–Kier alpha value is -3.23. The number of hydrogen-bond acceptors (Lipinski definition) is 6. The fourth-order valence-electron chi connectivity index (χ4n) is 4.77. The number of para-hydroxylation sites is 1. The highest BCUT2D eigenvalue weighted by atomic mass is 19.1. The Labute approximate surface area is 178 Å². The van der Waals surface area contributed by atoms with Crippen LogP contribution in [0.1, 0.15) is 11.1 Å². The van der Waals surface area contributed by atoms with Gasteiger partial charge in [0.25, 0.3) is 0 Å². The van der Waals surface area contributed by atoms with Gasteiger partial charge in [-0.1, -0.05) is 23.4 Å². The van der Waals surface area contributed by atoms with Crippen LogP contribution < -0.4 is 5.32 Å². The van der Waals surface area contributed by atoms with E-state index in [-0.39, 0.29) is 11.7 Å². The fourth-order valence-corrected chi connectivity index (χ4v) is 4.77. The number of aromatic nitrogens is 1. The van der Waals surface area contributed by atoms with Crippen molar-refractivity contribution in [2.45, 2.75) is 0 Å². The van der Waals surface area contributed by atoms with Gasteiger partial charge < -0.3 is 20.2 Å². The summed E-state index contributed by atoms with van der Waals surface area (Å²) < 4.78 is 13.9. The first-order valence-electron chi connectivity index (χ1n) is 10.4. The molecule has 6 rings (SSSR count). The minimum Gasteiger partial charge on any atom is -0.494 e. The molecule has 0 saturated carbocycles. The van der Waals surface area contributed by atoms with Crippen LogP contribution in [-0.4, -0.2) is 65.7 Å².